The number of amides is 2. The Bertz CT molecular complexity index is 609. The number of ether oxygens (including phenoxy) is 1. The van der Waals surface area contributed by atoms with E-state index in [-0.39, 0.29) is 28.9 Å². The summed E-state index contributed by atoms with van der Waals surface area (Å²) in [7, 11) is 1.58. The maximum Gasteiger partial charge on any atom is 0.254 e. The van der Waals surface area contributed by atoms with E-state index in [0.29, 0.717) is 32.7 Å². The van der Waals surface area contributed by atoms with Gasteiger partial charge in [-0.25, -0.2) is 4.39 Å². The molecule has 1 aromatic rings. The third-order valence-electron chi connectivity index (χ3n) is 4.03. The van der Waals surface area contributed by atoms with Crippen molar-refractivity contribution in [1.29, 1.82) is 0 Å². The topological polar surface area (TPSA) is 61.9 Å². The number of nitrogens with one attached hydrogen (secondary N) is 1. The van der Waals surface area contributed by atoms with Crippen LogP contribution in [0.5, 0.6) is 0 Å². The number of benzene rings is 1. The second-order valence-electron chi connectivity index (χ2n) is 5.83. The SMILES string of the molecule is COCCCN(CC(=O)N1CCNCC1)C(=O)c1ccc(F)c(Cl)c1. The molecular weight excluding hydrogens is 349 g/mol. The summed E-state index contributed by atoms with van der Waals surface area (Å²) in [5, 5.41) is 3.07. The largest absolute Gasteiger partial charge is 0.385 e. The highest BCUT2D eigenvalue weighted by atomic mass is 35.5. The van der Waals surface area contributed by atoms with E-state index in [9.17, 15) is 14.0 Å². The van der Waals surface area contributed by atoms with Gasteiger partial charge < -0.3 is 19.9 Å². The quantitative estimate of drug-likeness (QED) is 0.736. The van der Waals surface area contributed by atoms with E-state index in [1.807, 2.05) is 0 Å². The van der Waals surface area contributed by atoms with Crippen molar-refractivity contribution in [2.75, 3.05) is 53.0 Å². The molecule has 0 aliphatic carbocycles. The van der Waals surface area contributed by atoms with Gasteiger partial charge in [0.05, 0.1) is 5.02 Å². The van der Waals surface area contributed by atoms with Crippen molar-refractivity contribution in [3.05, 3.63) is 34.6 Å². The zero-order chi connectivity index (χ0) is 18.2. The number of nitrogens with zero attached hydrogens (tertiary/aromatic N) is 2. The zero-order valence-electron chi connectivity index (χ0n) is 14.3. The molecule has 1 aliphatic heterocycles. The molecule has 8 heteroatoms. The summed E-state index contributed by atoms with van der Waals surface area (Å²) < 4.78 is 18.3. The number of halogens is 2. The third-order valence-corrected chi connectivity index (χ3v) is 4.32. The number of carbonyl (C=O) groups is 2. The van der Waals surface area contributed by atoms with Crippen LogP contribution in [0.1, 0.15) is 16.8 Å². The van der Waals surface area contributed by atoms with Gasteiger partial charge in [0, 0.05) is 52.0 Å². The van der Waals surface area contributed by atoms with Gasteiger partial charge in [-0.2, -0.15) is 0 Å². The first-order valence-corrected chi connectivity index (χ1v) is 8.62. The van der Waals surface area contributed by atoms with Gasteiger partial charge in [-0.3, -0.25) is 9.59 Å². The lowest BCUT2D eigenvalue weighted by Gasteiger charge is -2.30. The number of carbonyl (C=O) groups excluding carboxylic acids is 2. The molecule has 1 aromatic carbocycles. The zero-order valence-corrected chi connectivity index (χ0v) is 15.0. The third kappa shape index (κ3) is 5.66. The van der Waals surface area contributed by atoms with Gasteiger partial charge in [0.15, 0.2) is 0 Å². The molecule has 0 unspecified atom stereocenters. The normalized spacial score (nSPS) is 14.4. The van der Waals surface area contributed by atoms with Gasteiger partial charge >= 0.3 is 0 Å². The fourth-order valence-corrected chi connectivity index (χ4v) is 2.82. The molecule has 1 N–H and O–H groups in total. The molecule has 0 radical (unpaired) electrons. The molecule has 6 nitrogen and oxygen atoms in total. The molecule has 0 saturated carbocycles. The highest BCUT2D eigenvalue weighted by Gasteiger charge is 2.23. The first-order valence-electron chi connectivity index (χ1n) is 8.24. The van der Waals surface area contributed by atoms with Crippen LogP contribution in [0, 0.1) is 5.82 Å². The van der Waals surface area contributed by atoms with Crippen LogP contribution in [-0.2, 0) is 9.53 Å². The average Bonchev–Trinajstić information content (AvgIpc) is 2.63. The smallest absolute Gasteiger partial charge is 0.254 e. The van der Waals surface area contributed by atoms with Crippen LogP contribution in [0.15, 0.2) is 18.2 Å². The number of piperazine rings is 1. The van der Waals surface area contributed by atoms with E-state index in [1.165, 1.54) is 17.0 Å². The molecule has 138 valence electrons. The van der Waals surface area contributed by atoms with Crippen LogP contribution in [0.4, 0.5) is 4.39 Å². The van der Waals surface area contributed by atoms with Crippen molar-refractivity contribution in [3.63, 3.8) is 0 Å². The summed E-state index contributed by atoms with van der Waals surface area (Å²) in [5.74, 6) is -1.02. The van der Waals surface area contributed by atoms with E-state index < -0.39 is 5.82 Å². The van der Waals surface area contributed by atoms with E-state index in [1.54, 1.807) is 12.0 Å². The highest BCUT2D eigenvalue weighted by Crippen LogP contribution is 2.17. The Morgan fingerprint density at radius 1 is 1.36 bits per heavy atom. The van der Waals surface area contributed by atoms with Crippen molar-refractivity contribution in [3.8, 4) is 0 Å². The van der Waals surface area contributed by atoms with Gasteiger partial charge in [0.25, 0.3) is 5.91 Å². The molecule has 1 fully saturated rings. The van der Waals surface area contributed by atoms with Gasteiger partial charge in [-0.15, -0.1) is 0 Å². The Morgan fingerprint density at radius 2 is 2.08 bits per heavy atom. The summed E-state index contributed by atoms with van der Waals surface area (Å²) in [6.45, 7) is 3.59. The second-order valence-corrected chi connectivity index (χ2v) is 6.24. The maximum atomic E-state index is 13.3. The Balaban J connectivity index is 2.08. The van der Waals surface area contributed by atoms with E-state index in [2.05, 4.69) is 5.32 Å². The van der Waals surface area contributed by atoms with Crippen molar-refractivity contribution in [2.24, 2.45) is 0 Å². The van der Waals surface area contributed by atoms with Crippen LogP contribution in [-0.4, -0.2) is 74.6 Å². The minimum atomic E-state index is -0.582. The molecule has 0 aromatic heterocycles. The molecule has 1 aliphatic rings. The Hall–Kier alpha value is -1.70. The summed E-state index contributed by atoms with van der Waals surface area (Å²) >= 11 is 5.77. The van der Waals surface area contributed by atoms with Crippen molar-refractivity contribution < 1.29 is 18.7 Å². The maximum absolute atomic E-state index is 13.3. The summed E-state index contributed by atoms with van der Waals surface area (Å²) in [5.41, 5.74) is 0.261. The first kappa shape index (κ1) is 19.6. The molecule has 25 heavy (non-hydrogen) atoms. The number of methoxy groups -OCH3 is 1. The fraction of sp³-hybridized carbons (Fsp3) is 0.529. The van der Waals surface area contributed by atoms with Gasteiger partial charge in [-0.05, 0) is 24.6 Å². The lowest BCUT2D eigenvalue weighted by atomic mass is 10.2. The molecule has 1 heterocycles. The van der Waals surface area contributed by atoms with E-state index >= 15 is 0 Å². The summed E-state index contributed by atoms with van der Waals surface area (Å²) in [4.78, 5) is 28.4. The fourth-order valence-electron chi connectivity index (χ4n) is 2.64. The minimum absolute atomic E-state index is 0.0163. The summed E-state index contributed by atoms with van der Waals surface area (Å²) in [6, 6.07) is 3.82. The van der Waals surface area contributed by atoms with Crippen LogP contribution < -0.4 is 5.32 Å². The Morgan fingerprint density at radius 3 is 2.72 bits per heavy atom. The first-order chi connectivity index (χ1) is 12.0. The summed E-state index contributed by atoms with van der Waals surface area (Å²) in [6.07, 6.45) is 0.603. The predicted octanol–water partition coefficient (Wildman–Crippen LogP) is 1.39. The van der Waals surface area contributed by atoms with Crippen molar-refractivity contribution >= 4 is 23.4 Å². The second kappa shape index (κ2) is 9.70. The standard InChI is InChI=1S/C17H23ClFN3O3/c1-25-10-2-7-22(12-16(23)21-8-5-20-6-9-21)17(24)13-3-4-15(19)14(18)11-13/h3-4,11,20H,2,5-10,12H2,1H3. The van der Waals surface area contributed by atoms with Gasteiger partial charge in [-0.1, -0.05) is 11.6 Å². The predicted molar refractivity (Wildman–Crippen MR) is 93.3 cm³/mol. The van der Waals surface area contributed by atoms with Crippen LogP contribution in [0.3, 0.4) is 0 Å². The van der Waals surface area contributed by atoms with Crippen molar-refractivity contribution in [2.45, 2.75) is 6.42 Å². The Kier molecular flexibility index (Phi) is 7.61. The number of hydrogen-bond donors (Lipinski definition) is 1. The molecule has 2 amide bonds. The van der Waals surface area contributed by atoms with Crippen molar-refractivity contribution in [1.82, 2.24) is 15.1 Å². The molecule has 2 rings (SSSR count). The molecule has 0 bridgehead atoms. The van der Waals surface area contributed by atoms with Gasteiger partial charge in [0.2, 0.25) is 5.91 Å². The van der Waals surface area contributed by atoms with E-state index in [4.69, 9.17) is 16.3 Å². The monoisotopic (exact) mass is 371 g/mol. The van der Waals surface area contributed by atoms with Crippen LogP contribution >= 0.6 is 11.6 Å². The van der Waals surface area contributed by atoms with E-state index in [0.717, 1.165) is 19.2 Å². The molecule has 0 spiro atoms. The van der Waals surface area contributed by atoms with Crippen LogP contribution in [0.2, 0.25) is 5.02 Å². The highest BCUT2D eigenvalue weighted by molar-refractivity contribution is 6.31. The lowest BCUT2D eigenvalue weighted by molar-refractivity contribution is -0.132. The minimum Gasteiger partial charge on any atom is -0.385 e. The lowest BCUT2D eigenvalue weighted by Crippen LogP contribution is -2.50. The molecule has 1 saturated heterocycles. The average molecular weight is 372 g/mol. The van der Waals surface area contributed by atoms with Gasteiger partial charge in [0.1, 0.15) is 12.4 Å². The Labute approximate surface area is 151 Å². The molecule has 0 atom stereocenters. The number of rotatable bonds is 7. The molecular formula is C17H23ClFN3O3. The van der Waals surface area contributed by atoms with Crippen LogP contribution in [0.25, 0.3) is 0 Å². The number of hydrogen-bond acceptors (Lipinski definition) is 4.